The molecule has 4 nitrogen and oxygen atoms in total. The summed E-state index contributed by atoms with van der Waals surface area (Å²) in [6.45, 7) is 2.82. The van der Waals surface area contributed by atoms with Crippen LogP contribution in [0.1, 0.15) is 31.4 Å². The van der Waals surface area contributed by atoms with Crippen LogP contribution >= 0.6 is 11.6 Å². The van der Waals surface area contributed by atoms with Gasteiger partial charge < -0.3 is 11.1 Å². The van der Waals surface area contributed by atoms with Crippen LogP contribution in [-0.2, 0) is 0 Å². The number of hydrogen-bond donors (Lipinski definition) is 2. The molecule has 3 rings (SSSR count). The van der Waals surface area contributed by atoms with Crippen LogP contribution < -0.4 is 11.1 Å². The summed E-state index contributed by atoms with van der Waals surface area (Å²) in [5, 5.41) is 3.62. The third-order valence-electron chi connectivity index (χ3n) is 4.05. The Hall–Kier alpha value is -1.03. The van der Waals surface area contributed by atoms with Gasteiger partial charge in [0.1, 0.15) is 0 Å². The molecular weight excluding hydrogens is 236 g/mol. The predicted molar refractivity (Wildman–Crippen MR) is 69.1 cm³/mol. The Labute approximate surface area is 106 Å². The largest absolute Gasteiger partial charge is 0.394 e. The lowest BCUT2D eigenvalue weighted by molar-refractivity contribution is 0.466. The summed E-state index contributed by atoms with van der Waals surface area (Å²) >= 11 is 5.84. The van der Waals surface area contributed by atoms with Gasteiger partial charge in [0.05, 0.1) is 11.4 Å². The molecule has 0 radical (unpaired) electrons. The van der Waals surface area contributed by atoms with E-state index in [1.165, 1.54) is 25.7 Å². The zero-order chi connectivity index (χ0) is 12.0. The highest BCUT2D eigenvalue weighted by Gasteiger charge is 2.53. The summed E-state index contributed by atoms with van der Waals surface area (Å²) < 4.78 is 0. The highest BCUT2D eigenvalue weighted by atomic mass is 35.5. The molecule has 0 amide bonds. The van der Waals surface area contributed by atoms with Crippen molar-refractivity contribution in [1.29, 1.82) is 0 Å². The molecule has 0 aliphatic heterocycles. The van der Waals surface area contributed by atoms with Gasteiger partial charge in [0, 0.05) is 6.54 Å². The third-order valence-corrected chi connectivity index (χ3v) is 4.22. The fraction of sp³-hybridized carbons (Fsp3) is 0.667. The van der Waals surface area contributed by atoms with Crippen molar-refractivity contribution in [3.63, 3.8) is 0 Å². The van der Waals surface area contributed by atoms with Gasteiger partial charge in [-0.1, -0.05) is 0 Å². The van der Waals surface area contributed by atoms with Gasteiger partial charge in [0.15, 0.2) is 5.82 Å². The molecule has 2 aliphatic rings. The average molecular weight is 253 g/mol. The second-order valence-electron chi connectivity index (χ2n) is 5.33. The standard InChI is InChI=1S/C12H17ClN4/c1-7-9(14)10(17-11(13)16-7)15-6-12(4-5-12)8-2-3-8/h8H,2-6,14H2,1H3,(H,15,16,17). The number of nitrogen functional groups attached to an aromatic ring is 1. The lowest BCUT2D eigenvalue weighted by Crippen LogP contribution is -2.19. The fourth-order valence-corrected chi connectivity index (χ4v) is 2.74. The van der Waals surface area contributed by atoms with E-state index in [2.05, 4.69) is 15.3 Å². The first kappa shape index (κ1) is 11.1. The van der Waals surface area contributed by atoms with Crippen molar-refractivity contribution in [3.05, 3.63) is 11.0 Å². The fourth-order valence-electron chi connectivity index (χ4n) is 2.53. The van der Waals surface area contributed by atoms with Gasteiger partial charge in [0.2, 0.25) is 5.28 Å². The van der Waals surface area contributed by atoms with E-state index < -0.39 is 0 Å². The first-order chi connectivity index (χ1) is 8.11. The molecule has 2 saturated carbocycles. The number of aryl methyl sites for hydroxylation is 1. The van der Waals surface area contributed by atoms with Crippen LogP contribution in [-0.4, -0.2) is 16.5 Å². The minimum atomic E-state index is 0.260. The number of halogens is 1. The van der Waals surface area contributed by atoms with Gasteiger partial charge in [-0.25, -0.2) is 4.98 Å². The maximum atomic E-state index is 5.95. The van der Waals surface area contributed by atoms with E-state index in [4.69, 9.17) is 17.3 Å². The Bertz CT molecular complexity index is 452. The molecule has 3 N–H and O–H groups in total. The van der Waals surface area contributed by atoms with Crippen molar-refractivity contribution in [2.75, 3.05) is 17.6 Å². The molecule has 1 aromatic rings. The summed E-state index contributed by atoms with van der Waals surface area (Å²) in [4.78, 5) is 8.19. The van der Waals surface area contributed by atoms with Crippen molar-refractivity contribution in [2.45, 2.75) is 32.6 Å². The second-order valence-corrected chi connectivity index (χ2v) is 5.67. The topological polar surface area (TPSA) is 63.8 Å². The Balaban J connectivity index is 1.72. The number of nitrogens with zero attached hydrogens (tertiary/aromatic N) is 2. The maximum absolute atomic E-state index is 5.95. The lowest BCUT2D eigenvalue weighted by Gasteiger charge is -2.17. The molecule has 92 valence electrons. The van der Waals surface area contributed by atoms with Gasteiger partial charge in [-0.05, 0) is 55.5 Å². The van der Waals surface area contributed by atoms with E-state index in [9.17, 15) is 0 Å². The molecular formula is C12H17ClN4. The molecule has 2 fully saturated rings. The molecule has 2 aliphatic carbocycles. The number of nitrogens with one attached hydrogen (secondary N) is 1. The van der Waals surface area contributed by atoms with Crippen LogP contribution in [0, 0.1) is 18.3 Å². The predicted octanol–water partition coefficient (Wildman–Crippen LogP) is 2.62. The van der Waals surface area contributed by atoms with E-state index >= 15 is 0 Å². The molecule has 17 heavy (non-hydrogen) atoms. The van der Waals surface area contributed by atoms with Crippen molar-refractivity contribution in [2.24, 2.45) is 11.3 Å². The molecule has 1 aromatic heterocycles. The third kappa shape index (κ3) is 2.06. The molecule has 0 bridgehead atoms. The number of aromatic nitrogens is 2. The molecule has 5 heteroatoms. The molecule has 0 unspecified atom stereocenters. The molecule has 0 saturated heterocycles. The quantitative estimate of drug-likeness (QED) is 0.809. The summed E-state index contributed by atoms with van der Waals surface area (Å²) in [7, 11) is 0. The Morgan fingerprint density at radius 2 is 2.12 bits per heavy atom. The van der Waals surface area contributed by atoms with E-state index in [1.807, 2.05) is 6.92 Å². The molecule has 0 aromatic carbocycles. The van der Waals surface area contributed by atoms with Gasteiger partial charge in [-0.3, -0.25) is 0 Å². The average Bonchev–Trinajstić information content (AvgIpc) is 3.14. The Morgan fingerprint density at radius 1 is 1.41 bits per heavy atom. The zero-order valence-electron chi connectivity index (χ0n) is 9.96. The maximum Gasteiger partial charge on any atom is 0.224 e. The van der Waals surface area contributed by atoms with Crippen molar-refractivity contribution >= 4 is 23.1 Å². The van der Waals surface area contributed by atoms with E-state index in [-0.39, 0.29) is 5.28 Å². The number of hydrogen-bond acceptors (Lipinski definition) is 4. The lowest BCUT2D eigenvalue weighted by atomic mass is 10.0. The first-order valence-electron chi connectivity index (χ1n) is 6.14. The van der Waals surface area contributed by atoms with Crippen molar-refractivity contribution in [3.8, 4) is 0 Å². The van der Waals surface area contributed by atoms with Gasteiger partial charge >= 0.3 is 0 Å². The number of rotatable bonds is 4. The van der Waals surface area contributed by atoms with Gasteiger partial charge in [0.25, 0.3) is 0 Å². The van der Waals surface area contributed by atoms with Crippen LogP contribution in [0.3, 0.4) is 0 Å². The molecule has 0 spiro atoms. The summed E-state index contributed by atoms with van der Waals surface area (Å²) in [5.41, 5.74) is 7.82. The van der Waals surface area contributed by atoms with Gasteiger partial charge in [-0.15, -0.1) is 0 Å². The highest BCUT2D eigenvalue weighted by molar-refractivity contribution is 6.28. The van der Waals surface area contributed by atoms with Crippen LogP contribution in [0.2, 0.25) is 5.28 Å². The van der Waals surface area contributed by atoms with Crippen molar-refractivity contribution < 1.29 is 0 Å². The summed E-state index contributed by atoms with van der Waals surface area (Å²) in [6.07, 6.45) is 5.45. The number of nitrogens with two attached hydrogens (primary N) is 1. The monoisotopic (exact) mass is 252 g/mol. The smallest absolute Gasteiger partial charge is 0.224 e. The summed E-state index contributed by atoms with van der Waals surface area (Å²) in [5.74, 6) is 1.61. The SMILES string of the molecule is Cc1nc(Cl)nc(NCC2(C3CC3)CC2)c1N. The van der Waals surface area contributed by atoms with Crippen LogP contribution in [0.25, 0.3) is 0 Å². The zero-order valence-corrected chi connectivity index (χ0v) is 10.7. The second kappa shape index (κ2) is 3.73. The highest BCUT2D eigenvalue weighted by Crippen LogP contribution is 2.61. The van der Waals surface area contributed by atoms with E-state index in [1.54, 1.807) is 0 Å². The normalized spacial score (nSPS) is 21.3. The van der Waals surface area contributed by atoms with Gasteiger partial charge in [-0.2, -0.15) is 4.98 Å². The van der Waals surface area contributed by atoms with E-state index in [0.29, 0.717) is 16.9 Å². The molecule has 1 heterocycles. The minimum Gasteiger partial charge on any atom is -0.394 e. The van der Waals surface area contributed by atoms with E-state index in [0.717, 1.165) is 18.2 Å². The van der Waals surface area contributed by atoms with Crippen molar-refractivity contribution in [1.82, 2.24) is 9.97 Å². The summed E-state index contributed by atoms with van der Waals surface area (Å²) in [6, 6.07) is 0. The van der Waals surface area contributed by atoms with Crippen LogP contribution in [0.5, 0.6) is 0 Å². The minimum absolute atomic E-state index is 0.260. The van der Waals surface area contributed by atoms with Crippen LogP contribution in [0.15, 0.2) is 0 Å². The first-order valence-corrected chi connectivity index (χ1v) is 6.52. The molecule has 0 atom stereocenters. The van der Waals surface area contributed by atoms with Crippen LogP contribution in [0.4, 0.5) is 11.5 Å². The number of anilines is 2. The Kier molecular flexibility index (Phi) is 2.43. The Morgan fingerprint density at radius 3 is 2.71 bits per heavy atom.